The molecule has 314 valence electrons. The Bertz CT molecular complexity index is 1890. The zero-order chi connectivity index (χ0) is 42.6. The molecule has 2 unspecified atom stereocenters. The summed E-state index contributed by atoms with van der Waals surface area (Å²) in [6.07, 6.45) is -2.58. The maximum atomic E-state index is 14.6. The first-order valence-electron chi connectivity index (χ1n) is 19.3. The van der Waals surface area contributed by atoms with E-state index in [0.717, 1.165) is 22.6 Å². The van der Waals surface area contributed by atoms with E-state index in [-0.39, 0.29) is 37.4 Å². The van der Waals surface area contributed by atoms with Gasteiger partial charge in [0.15, 0.2) is 0 Å². The summed E-state index contributed by atoms with van der Waals surface area (Å²) in [4.78, 5) is 101. The van der Waals surface area contributed by atoms with Gasteiger partial charge in [-0.2, -0.15) is 0 Å². The number of hydrogen-bond donors (Lipinski definition) is 5. The van der Waals surface area contributed by atoms with Crippen LogP contribution in [0.25, 0.3) is 0 Å². The SMILES string of the molecule is Cc1ccc(NC(=O)N[C@@H](Cc2cc(F)cc(F)c2)C(=O)N[C@@H]2C(=O)N3CCC[C@H]3C(=O)N(C)[C@@H](C(C)O)C(=O)N[C@@H](C)C(=O)N3C[C@@H](C)CC3C(=O)O[C@H]2C)cc1. The number of aryl methyl sites for hydroxylation is 1. The zero-order valence-electron chi connectivity index (χ0n) is 33.3. The average Bonchev–Trinajstić information content (AvgIpc) is 3.80. The van der Waals surface area contributed by atoms with E-state index in [2.05, 4.69) is 21.3 Å². The van der Waals surface area contributed by atoms with Crippen LogP contribution < -0.4 is 21.3 Å². The van der Waals surface area contributed by atoms with Crippen molar-refractivity contribution in [3.63, 3.8) is 0 Å². The van der Waals surface area contributed by atoms with Crippen LogP contribution in [0.15, 0.2) is 42.5 Å². The van der Waals surface area contributed by atoms with Gasteiger partial charge in [0.25, 0.3) is 0 Å². The third-order valence-corrected chi connectivity index (χ3v) is 10.7. The number of cyclic esters (lactones) is 1. The number of carbonyl (C=O) groups excluding carboxylic acids is 7. The molecule has 0 radical (unpaired) electrons. The van der Waals surface area contributed by atoms with Gasteiger partial charge >= 0.3 is 12.0 Å². The number of anilines is 1. The summed E-state index contributed by atoms with van der Waals surface area (Å²) in [6, 6.07) is 0.333. The van der Waals surface area contributed by atoms with Crippen molar-refractivity contribution in [3.8, 4) is 0 Å². The standard InChI is InChI=1S/C40H51F2N7O9/c1-20-9-11-28(12-10-20)44-40(57)45-29(17-25-15-26(41)18-27(42)16-25)34(51)46-32-24(5)58-39(56)31-14-21(2)19-49(31)36(53)22(3)43-35(52)33(23(4)50)47(6)37(54)30-8-7-13-48(30)38(32)55/h9-12,15-16,18,21-24,29-33,50H,7-8,13-14,17,19H2,1-6H3,(H,43,52)(H,46,51)(H2,44,45,57)/t21-,22-,23?,24-,29-,30-,31?,32-,33-/m0/s1. The summed E-state index contributed by atoms with van der Waals surface area (Å²) >= 11 is 0. The number of fused-ring (bicyclic) bond motifs is 2. The smallest absolute Gasteiger partial charge is 0.329 e. The maximum Gasteiger partial charge on any atom is 0.329 e. The van der Waals surface area contributed by atoms with Crippen LogP contribution in [-0.2, 0) is 39.9 Å². The third-order valence-electron chi connectivity index (χ3n) is 10.7. The fourth-order valence-corrected chi connectivity index (χ4v) is 7.78. The average molecular weight is 812 g/mol. The minimum absolute atomic E-state index is 0.00337. The maximum absolute atomic E-state index is 14.6. The molecule has 18 heteroatoms. The number of halogens is 2. The molecule has 0 spiro atoms. The second-order valence-electron chi connectivity index (χ2n) is 15.5. The van der Waals surface area contributed by atoms with Gasteiger partial charge in [-0.15, -0.1) is 0 Å². The lowest BCUT2D eigenvalue weighted by atomic mass is 10.0. The molecule has 5 rings (SSSR count). The normalized spacial score (nSPS) is 26.9. The quantitative estimate of drug-likeness (QED) is 0.256. The van der Waals surface area contributed by atoms with Crippen molar-refractivity contribution in [3.05, 3.63) is 65.2 Å². The third kappa shape index (κ3) is 10.1. The molecule has 0 aliphatic carbocycles. The molecule has 3 heterocycles. The Morgan fingerprint density at radius 3 is 2.24 bits per heavy atom. The van der Waals surface area contributed by atoms with Crippen molar-refractivity contribution >= 4 is 47.2 Å². The Labute approximate surface area is 335 Å². The van der Waals surface area contributed by atoms with Crippen molar-refractivity contribution in [2.75, 3.05) is 25.5 Å². The van der Waals surface area contributed by atoms with Crippen molar-refractivity contribution in [2.24, 2.45) is 5.92 Å². The van der Waals surface area contributed by atoms with E-state index in [1.807, 2.05) is 13.8 Å². The molecule has 5 N–H and O–H groups in total. The second-order valence-corrected chi connectivity index (χ2v) is 15.5. The Balaban J connectivity index is 1.51. The molecule has 58 heavy (non-hydrogen) atoms. The second kappa shape index (κ2) is 18.3. The number of aliphatic hydroxyl groups is 1. The van der Waals surface area contributed by atoms with Crippen LogP contribution in [0, 0.1) is 24.5 Å². The van der Waals surface area contributed by atoms with Gasteiger partial charge in [0.05, 0.1) is 6.10 Å². The van der Waals surface area contributed by atoms with Crippen LogP contribution in [0.1, 0.15) is 58.1 Å². The summed E-state index contributed by atoms with van der Waals surface area (Å²) in [5.41, 5.74) is 1.29. The number of urea groups is 1. The van der Waals surface area contributed by atoms with Gasteiger partial charge in [-0.1, -0.05) is 24.6 Å². The largest absolute Gasteiger partial charge is 0.458 e. The summed E-state index contributed by atoms with van der Waals surface area (Å²) in [5.74, 6) is -6.91. The minimum atomic E-state index is -1.69. The predicted octanol–water partition coefficient (Wildman–Crippen LogP) is 1.38. The van der Waals surface area contributed by atoms with Gasteiger partial charge in [0.2, 0.25) is 29.5 Å². The molecule has 3 aliphatic heterocycles. The van der Waals surface area contributed by atoms with Crippen molar-refractivity contribution < 1.29 is 52.2 Å². The number of likely N-dealkylation sites (N-methyl/N-ethyl adjacent to an activating group) is 1. The van der Waals surface area contributed by atoms with Crippen LogP contribution in [0.3, 0.4) is 0 Å². The molecule has 0 aromatic heterocycles. The Kier molecular flexibility index (Phi) is 13.7. The molecule has 3 fully saturated rings. The number of nitrogens with one attached hydrogen (secondary N) is 4. The lowest BCUT2D eigenvalue weighted by Gasteiger charge is -2.37. The Hall–Kier alpha value is -5.65. The molecule has 9 atom stereocenters. The first kappa shape index (κ1) is 43.5. The van der Waals surface area contributed by atoms with E-state index in [0.29, 0.717) is 18.2 Å². The molecule has 3 saturated heterocycles. The van der Waals surface area contributed by atoms with Crippen LogP contribution in [0.4, 0.5) is 19.3 Å². The van der Waals surface area contributed by atoms with E-state index < -0.39 is 108 Å². The van der Waals surface area contributed by atoms with Gasteiger partial charge in [-0.3, -0.25) is 24.0 Å². The van der Waals surface area contributed by atoms with Crippen LogP contribution in [0.5, 0.6) is 0 Å². The van der Waals surface area contributed by atoms with E-state index >= 15 is 0 Å². The van der Waals surface area contributed by atoms with Gasteiger partial charge in [0, 0.05) is 38.3 Å². The molecule has 3 aliphatic rings. The highest BCUT2D eigenvalue weighted by Crippen LogP contribution is 2.27. The van der Waals surface area contributed by atoms with Crippen LogP contribution in [0.2, 0.25) is 0 Å². The molecule has 2 aromatic rings. The van der Waals surface area contributed by atoms with Gasteiger partial charge in [-0.05, 0) is 82.7 Å². The lowest BCUT2D eigenvalue weighted by Crippen LogP contribution is -2.63. The fourth-order valence-electron chi connectivity index (χ4n) is 7.78. The fraction of sp³-hybridized carbons (Fsp3) is 0.525. The number of nitrogens with zero attached hydrogens (tertiary/aromatic N) is 3. The number of amides is 7. The number of benzene rings is 2. The number of aliphatic hydroxyl groups excluding tert-OH is 1. The van der Waals surface area contributed by atoms with Gasteiger partial charge in [0.1, 0.15) is 54.0 Å². The highest BCUT2D eigenvalue weighted by molar-refractivity contribution is 5.98. The highest BCUT2D eigenvalue weighted by atomic mass is 19.1. The number of hydrogen-bond acceptors (Lipinski definition) is 9. The van der Waals surface area contributed by atoms with Crippen LogP contribution >= 0.6 is 0 Å². The topological polar surface area (TPSA) is 207 Å². The Morgan fingerprint density at radius 2 is 1.60 bits per heavy atom. The highest BCUT2D eigenvalue weighted by Gasteiger charge is 2.47. The van der Waals surface area contributed by atoms with E-state index in [9.17, 15) is 47.4 Å². The molecule has 16 nitrogen and oxygen atoms in total. The summed E-state index contributed by atoms with van der Waals surface area (Å²) in [5, 5.41) is 20.9. The monoisotopic (exact) mass is 811 g/mol. The zero-order valence-corrected chi connectivity index (χ0v) is 33.3. The first-order chi connectivity index (χ1) is 27.3. The molecular formula is C40H51F2N7O9. The van der Waals surface area contributed by atoms with Crippen molar-refractivity contribution in [1.82, 2.24) is 30.7 Å². The minimum Gasteiger partial charge on any atom is -0.458 e. The number of rotatable bonds is 7. The number of carbonyl (C=O) groups is 7. The van der Waals surface area contributed by atoms with E-state index in [1.165, 1.54) is 37.6 Å². The predicted molar refractivity (Wildman–Crippen MR) is 205 cm³/mol. The van der Waals surface area contributed by atoms with Gasteiger partial charge < -0.3 is 45.8 Å². The molecule has 7 amide bonds. The van der Waals surface area contributed by atoms with Crippen LogP contribution in [-0.4, -0.2) is 130 Å². The summed E-state index contributed by atoms with van der Waals surface area (Å²) < 4.78 is 34.4. The first-order valence-corrected chi connectivity index (χ1v) is 19.3. The van der Waals surface area contributed by atoms with E-state index in [4.69, 9.17) is 4.74 Å². The summed E-state index contributed by atoms with van der Waals surface area (Å²) in [6.45, 7) is 7.92. The molecule has 0 saturated carbocycles. The number of esters is 1. The molecular weight excluding hydrogens is 760 g/mol. The molecule has 0 bridgehead atoms. The summed E-state index contributed by atoms with van der Waals surface area (Å²) in [7, 11) is 1.30. The lowest BCUT2D eigenvalue weighted by molar-refractivity contribution is -0.163. The van der Waals surface area contributed by atoms with Crippen molar-refractivity contribution in [1.29, 1.82) is 0 Å². The molecule has 2 aromatic carbocycles. The van der Waals surface area contributed by atoms with Gasteiger partial charge in [-0.25, -0.2) is 18.4 Å². The van der Waals surface area contributed by atoms with Crippen molar-refractivity contribution in [2.45, 2.75) is 109 Å². The Morgan fingerprint density at radius 1 is 0.948 bits per heavy atom. The van der Waals surface area contributed by atoms with E-state index in [1.54, 1.807) is 24.3 Å². The number of ether oxygens (including phenoxy) is 1.